The van der Waals surface area contributed by atoms with Crippen molar-refractivity contribution in [2.45, 2.75) is 32.6 Å². The number of aliphatic hydroxyl groups excluding tert-OH is 1. The Bertz CT molecular complexity index is 91.6. The quantitative estimate of drug-likeness (QED) is 0.599. The number of rotatable bonds is 7. The third-order valence-electron chi connectivity index (χ3n) is 1.41. The average Bonchev–Trinajstić information content (AvgIpc) is 2.03. The number of hydrogen-bond donors (Lipinski definition) is 1. The molecule has 0 aromatic heterocycles. The highest BCUT2D eigenvalue weighted by molar-refractivity contribution is 8.02. The van der Waals surface area contributed by atoms with Crippen LogP contribution in [0.15, 0.2) is 11.5 Å². The van der Waals surface area contributed by atoms with Gasteiger partial charge in [-0.2, -0.15) is 0 Å². The Morgan fingerprint density at radius 2 is 2.09 bits per heavy atom. The second-order valence-corrected chi connectivity index (χ2v) is 3.50. The Morgan fingerprint density at radius 1 is 1.27 bits per heavy atom. The van der Waals surface area contributed by atoms with Crippen molar-refractivity contribution in [3.63, 3.8) is 0 Å². The molecule has 66 valence electrons. The summed E-state index contributed by atoms with van der Waals surface area (Å²) in [5, 5.41) is 10.4. The lowest BCUT2D eigenvalue weighted by atomic mass is 10.2. The second kappa shape index (κ2) is 10.0. The van der Waals surface area contributed by atoms with Crippen LogP contribution in [0.1, 0.15) is 32.6 Å². The lowest BCUT2D eigenvalue weighted by Crippen LogP contribution is -1.78. The van der Waals surface area contributed by atoms with Gasteiger partial charge in [0.15, 0.2) is 0 Å². The molecule has 0 saturated heterocycles. The zero-order chi connectivity index (χ0) is 8.36. The lowest BCUT2D eigenvalue weighted by molar-refractivity contribution is 0.343. The van der Waals surface area contributed by atoms with Gasteiger partial charge in [0.2, 0.25) is 0 Å². The second-order valence-electron chi connectivity index (χ2n) is 2.49. The van der Waals surface area contributed by atoms with Crippen LogP contribution in [0.4, 0.5) is 0 Å². The number of unbranched alkanes of at least 4 members (excludes halogenated alkanes) is 3. The van der Waals surface area contributed by atoms with E-state index in [1.54, 1.807) is 17.8 Å². The summed E-state index contributed by atoms with van der Waals surface area (Å²) < 4.78 is 0. The predicted octanol–water partition coefficient (Wildman–Crippen LogP) is 2.81. The van der Waals surface area contributed by atoms with Crippen LogP contribution in [0.3, 0.4) is 0 Å². The van der Waals surface area contributed by atoms with E-state index in [-0.39, 0.29) is 6.61 Å². The van der Waals surface area contributed by atoms with Crippen molar-refractivity contribution in [2.24, 2.45) is 0 Å². The first-order chi connectivity index (χ1) is 5.41. The van der Waals surface area contributed by atoms with E-state index in [4.69, 9.17) is 5.11 Å². The summed E-state index contributed by atoms with van der Waals surface area (Å²) in [7, 11) is 0. The highest BCUT2D eigenvalue weighted by Crippen LogP contribution is 2.07. The van der Waals surface area contributed by atoms with Gasteiger partial charge in [0.25, 0.3) is 0 Å². The standard InChI is InChI=1S/C9H18OS/c1-2-3-4-5-8-11-9-6-7-10/h6,9-10H,2-5,7-8H2,1H3. The van der Waals surface area contributed by atoms with Crippen LogP contribution < -0.4 is 0 Å². The molecule has 0 saturated carbocycles. The van der Waals surface area contributed by atoms with Crippen LogP contribution in [-0.2, 0) is 0 Å². The molecule has 0 unspecified atom stereocenters. The fourth-order valence-corrected chi connectivity index (χ4v) is 1.52. The smallest absolute Gasteiger partial charge is 0.0620 e. The number of thioether (sulfide) groups is 1. The molecule has 0 rings (SSSR count). The maximum Gasteiger partial charge on any atom is 0.0620 e. The van der Waals surface area contributed by atoms with E-state index in [0.29, 0.717) is 0 Å². The van der Waals surface area contributed by atoms with Crippen molar-refractivity contribution in [1.29, 1.82) is 0 Å². The van der Waals surface area contributed by atoms with E-state index >= 15 is 0 Å². The number of hydrogen-bond acceptors (Lipinski definition) is 2. The summed E-state index contributed by atoms with van der Waals surface area (Å²) in [6.45, 7) is 2.39. The summed E-state index contributed by atoms with van der Waals surface area (Å²) in [6, 6.07) is 0. The zero-order valence-corrected chi connectivity index (χ0v) is 8.07. The Hall–Kier alpha value is 0.0500. The van der Waals surface area contributed by atoms with E-state index < -0.39 is 0 Å². The summed E-state index contributed by atoms with van der Waals surface area (Å²) in [6.07, 6.45) is 7.08. The van der Waals surface area contributed by atoms with Gasteiger partial charge < -0.3 is 5.11 Å². The highest BCUT2D eigenvalue weighted by atomic mass is 32.2. The number of aliphatic hydroxyl groups is 1. The van der Waals surface area contributed by atoms with Gasteiger partial charge in [-0.15, -0.1) is 11.8 Å². The van der Waals surface area contributed by atoms with E-state index in [9.17, 15) is 0 Å². The molecule has 0 aliphatic carbocycles. The molecular weight excluding hydrogens is 156 g/mol. The third-order valence-corrected chi connectivity index (χ3v) is 2.32. The Labute approximate surface area is 73.9 Å². The minimum atomic E-state index is 0.169. The first-order valence-corrected chi connectivity index (χ1v) is 5.34. The van der Waals surface area contributed by atoms with E-state index in [0.717, 1.165) is 0 Å². The maximum absolute atomic E-state index is 8.41. The van der Waals surface area contributed by atoms with Crippen molar-refractivity contribution < 1.29 is 5.11 Å². The molecule has 0 aliphatic heterocycles. The fourth-order valence-electron chi connectivity index (χ4n) is 0.791. The molecule has 1 nitrogen and oxygen atoms in total. The molecule has 0 heterocycles. The van der Waals surface area contributed by atoms with Crippen molar-refractivity contribution in [3.8, 4) is 0 Å². The lowest BCUT2D eigenvalue weighted by Gasteiger charge is -1.95. The fraction of sp³-hybridized carbons (Fsp3) is 0.778. The normalized spacial score (nSPS) is 11.1. The van der Waals surface area contributed by atoms with Gasteiger partial charge in [0.05, 0.1) is 6.61 Å². The molecule has 0 aromatic carbocycles. The van der Waals surface area contributed by atoms with Gasteiger partial charge >= 0.3 is 0 Å². The summed E-state index contributed by atoms with van der Waals surface area (Å²) in [4.78, 5) is 0. The monoisotopic (exact) mass is 174 g/mol. The van der Waals surface area contributed by atoms with Crippen LogP contribution in [0.25, 0.3) is 0 Å². The Morgan fingerprint density at radius 3 is 2.73 bits per heavy atom. The Balaban J connectivity index is 2.85. The highest BCUT2D eigenvalue weighted by Gasteiger charge is 1.85. The third kappa shape index (κ3) is 10.1. The van der Waals surface area contributed by atoms with Gasteiger partial charge in [-0.25, -0.2) is 0 Å². The van der Waals surface area contributed by atoms with E-state index in [2.05, 4.69) is 6.92 Å². The summed E-state index contributed by atoms with van der Waals surface area (Å²) in [5.74, 6) is 1.19. The predicted molar refractivity (Wildman–Crippen MR) is 52.8 cm³/mol. The minimum absolute atomic E-state index is 0.169. The summed E-state index contributed by atoms with van der Waals surface area (Å²) >= 11 is 1.79. The molecule has 2 heteroatoms. The molecular formula is C9H18OS. The van der Waals surface area contributed by atoms with Crippen molar-refractivity contribution >= 4 is 11.8 Å². The molecule has 0 aromatic rings. The molecule has 0 amide bonds. The van der Waals surface area contributed by atoms with E-state index in [1.165, 1.54) is 31.4 Å². The van der Waals surface area contributed by atoms with Gasteiger partial charge in [0.1, 0.15) is 0 Å². The first kappa shape index (κ1) is 11.1. The van der Waals surface area contributed by atoms with Gasteiger partial charge in [-0.1, -0.05) is 32.3 Å². The van der Waals surface area contributed by atoms with Crippen LogP contribution in [0.2, 0.25) is 0 Å². The average molecular weight is 174 g/mol. The largest absolute Gasteiger partial charge is 0.392 e. The molecule has 0 bridgehead atoms. The minimum Gasteiger partial charge on any atom is -0.392 e. The molecule has 0 atom stereocenters. The van der Waals surface area contributed by atoms with Crippen LogP contribution in [0.5, 0.6) is 0 Å². The zero-order valence-electron chi connectivity index (χ0n) is 7.25. The molecule has 0 spiro atoms. The van der Waals surface area contributed by atoms with Crippen LogP contribution in [0, 0.1) is 0 Å². The summed E-state index contributed by atoms with van der Waals surface area (Å²) in [5.41, 5.74) is 0. The van der Waals surface area contributed by atoms with Gasteiger partial charge in [-0.3, -0.25) is 0 Å². The SMILES string of the molecule is CCCCCCSC=CCO. The van der Waals surface area contributed by atoms with Crippen molar-refractivity contribution in [3.05, 3.63) is 11.5 Å². The van der Waals surface area contributed by atoms with Crippen molar-refractivity contribution in [1.82, 2.24) is 0 Å². The molecule has 0 aliphatic rings. The van der Waals surface area contributed by atoms with Gasteiger partial charge in [-0.05, 0) is 17.6 Å². The molecule has 1 N–H and O–H groups in total. The van der Waals surface area contributed by atoms with Gasteiger partial charge in [0, 0.05) is 0 Å². The molecule has 0 fully saturated rings. The Kier molecular flexibility index (Phi) is 10.1. The topological polar surface area (TPSA) is 20.2 Å². The van der Waals surface area contributed by atoms with E-state index in [1.807, 2.05) is 5.41 Å². The first-order valence-electron chi connectivity index (χ1n) is 4.29. The van der Waals surface area contributed by atoms with Crippen LogP contribution >= 0.6 is 11.8 Å². The maximum atomic E-state index is 8.41. The molecule has 0 radical (unpaired) electrons. The van der Waals surface area contributed by atoms with Crippen molar-refractivity contribution in [2.75, 3.05) is 12.4 Å². The van der Waals surface area contributed by atoms with Crippen LogP contribution in [-0.4, -0.2) is 17.5 Å². The molecule has 11 heavy (non-hydrogen) atoms.